The number of ether oxygens (including phenoxy) is 3. The molecule has 29 heavy (non-hydrogen) atoms. The number of hydrogen-bond donors (Lipinski definition) is 0. The predicted octanol–water partition coefficient (Wildman–Crippen LogP) is 4.30. The number of carbonyl (C=O) groups excluding carboxylic acids is 1. The fourth-order valence-corrected chi connectivity index (χ4v) is 2.77. The van der Waals surface area contributed by atoms with E-state index in [0.717, 1.165) is 23.4 Å². The Morgan fingerprint density at radius 1 is 1.00 bits per heavy atom. The molecule has 2 heterocycles. The number of methoxy groups -OCH3 is 1. The number of carbonyl (C=O) groups is 1. The van der Waals surface area contributed by atoms with Gasteiger partial charge < -0.3 is 14.2 Å². The largest absolute Gasteiger partial charge is 0.477 e. The molecule has 0 bridgehead atoms. The van der Waals surface area contributed by atoms with Crippen molar-refractivity contribution in [2.75, 3.05) is 13.7 Å². The summed E-state index contributed by atoms with van der Waals surface area (Å²) >= 11 is 0. The minimum absolute atomic E-state index is 0.351. The fraction of sp³-hybridized carbons (Fsp3) is 0.261. The monoisotopic (exact) mass is 390 g/mol. The van der Waals surface area contributed by atoms with Crippen LogP contribution in [0.4, 0.5) is 0 Å². The molecule has 1 aliphatic rings. The Kier molecular flexibility index (Phi) is 5.70. The van der Waals surface area contributed by atoms with Crippen LogP contribution in [-0.2, 0) is 11.3 Å². The molecule has 0 atom stereocenters. The molecule has 0 radical (unpaired) electrons. The lowest BCUT2D eigenvalue weighted by Gasteiger charge is -2.08. The Labute approximate surface area is 169 Å². The molecular formula is C23H22N2O4. The summed E-state index contributed by atoms with van der Waals surface area (Å²) in [6.45, 7) is 1.10. The SMILES string of the molecule is COC(=O)c1ccc(COc2cccc(-c3ccc(OCC4CC4)nc3)n2)cc1. The molecule has 0 spiro atoms. The Hall–Kier alpha value is -3.41. The Bertz CT molecular complexity index is 967. The van der Waals surface area contributed by atoms with Crippen molar-refractivity contribution in [3.8, 4) is 23.0 Å². The average Bonchev–Trinajstić information content (AvgIpc) is 3.61. The molecule has 4 rings (SSSR count). The normalized spacial score (nSPS) is 13.0. The molecule has 6 nitrogen and oxygen atoms in total. The van der Waals surface area contributed by atoms with Gasteiger partial charge in [0, 0.05) is 23.9 Å². The minimum Gasteiger partial charge on any atom is -0.477 e. The number of hydrogen-bond acceptors (Lipinski definition) is 6. The lowest BCUT2D eigenvalue weighted by atomic mass is 10.1. The van der Waals surface area contributed by atoms with Crippen LogP contribution < -0.4 is 9.47 Å². The Morgan fingerprint density at radius 3 is 2.52 bits per heavy atom. The molecule has 148 valence electrons. The average molecular weight is 390 g/mol. The van der Waals surface area contributed by atoms with Gasteiger partial charge in [-0.1, -0.05) is 18.2 Å². The van der Waals surface area contributed by atoms with Crippen LogP contribution in [0.25, 0.3) is 11.3 Å². The highest BCUT2D eigenvalue weighted by Gasteiger charge is 2.22. The number of rotatable bonds is 8. The van der Waals surface area contributed by atoms with E-state index in [0.29, 0.717) is 29.8 Å². The van der Waals surface area contributed by atoms with Gasteiger partial charge in [-0.15, -0.1) is 0 Å². The van der Waals surface area contributed by atoms with Gasteiger partial charge in [0.05, 0.1) is 25.0 Å². The van der Waals surface area contributed by atoms with Crippen LogP contribution in [0.2, 0.25) is 0 Å². The summed E-state index contributed by atoms with van der Waals surface area (Å²) in [5, 5.41) is 0. The molecule has 0 aliphatic heterocycles. The number of benzene rings is 1. The first-order valence-corrected chi connectivity index (χ1v) is 9.57. The maximum Gasteiger partial charge on any atom is 0.337 e. The van der Waals surface area contributed by atoms with Crippen molar-refractivity contribution in [3.63, 3.8) is 0 Å². The number of aromatic nitrogens is 2. The Balaban J connectivity index is 1.37. The van der Waals surface area contributed by atoms with Gasteiger partial charge in [0.15, 0.2) is 0 Å². The third-order valence-electron chi connectivity index (χ3n) is 4.68. The second-order valence-electron chi connectivity index (χ2n) is 6.98. The van der Waals surface area contributed by atoms with E-state index in [1.165, 1.54) is 20.0 Å². The zero-order valence-electron chi connectivity index (χ0n) is 16.2. The molecule has 0 amide bonds. The van der Waals surface area contributed by atoms with Gasteiger partial charge in [-0.25, -0.2) is 14.8 Å². The van der Waals surface area contributed by atoms with Crippen LogP contribution in [-0.4, -0.2) is 29.7 Å². The lowest BCUT2D eigenvalue weighted by molar-refractivity contribution is 0.0600. The molecule has 2 aromatic heterocycles. The number of pyridine rings is 2. The van der Waals surface area contributed by atoms with Crippen LogP contribution >= 0.6 is 0 Å². The first-order valence-electron chi connectivity index (χ1n) is 9.57. The maximum atomic E-state index is 11.5. The first kappa shape index (κ1) is 18.9. The van der Waals surface area contributed by atoms with E-state index in [-0.39, 0.29) is 5.97 Å². The van der Waals surface area contributed by atoms with E-state index in [9.17, 15) is 4.79 Å². The molecular weight excluding hydrogens is 368 g/mol. The molecule has 6 heteroatoms. The van der Waals surface area contributed by atoms with Crippen LogP contribution in [0.1, 0.15) is 28.8 Å². The third kappa shape index (κ3) is 5.10. The predicted molar refractivity (Wildman–Crippen MR) is 108 cm³/mol. The molecule has 3 aromatic rings. The van der Waals surface area contributed by atoms with Gasteiger partial charge in [-0.05, 0) is 48.6 Å². The summed E-state index contributed by atoms with van der Waals surface area (Å²) in [5.41, 5.74) is 3.12. The number of nitrogens with zero attached hydrogens (tertiary/aromatic N) is 2. The van der Waals surface area contributed by atoms with E-state index in [1.54, 1.807) is 18.3 Å². The molecule has 0 unspecified atom stereocenters. The van der Waals surface area contributed by atoms with Gasteiger partial charge in [0.2, 0.25) is 11.8 Å². The number of esters is 1. The van der Waals surface area contributed by atoms with Gasteiger partial charge in [0.25, 0.3) is 0 Å². The van der Waals surface area contributed by atoms with E-state index in [1.807, 2.05) is 42.5 Å². The quantitative estimate of drug-likeness (QED) is 0.534. The molecule has 1 saturated carbocycles. The van der Waals surface area contributed by atoms with Crippen molar-refractivity contribution in [2.45, 2.75) is 19.4 Å². The van der Waals surface area contributed by atoms with Crippen LogP contribution in [0, 0.1) is 5.92 Å². The summed E-state index contributed by atoms with van der Waals surface area (Å²) in [5.74, 6) is 1.50. The lowest BCUT2D eigenvalue weighted by Crippen LogP contribution is -2.02. The molecule has 0 saturated heterocycles. The summed E-state index contributed by atoms with van der Waals surface area (Å²) in [6.07, 6.45) is 4.27. The second-order valence-corrected chi connectivity index (χ2v) is 6.98. The van der Waals surface area contributed by atoms with Crippen LogP contribution in [0.3, 0.4) is 0 Å². The van der Waals surface area contributed by atoms with Crippen molar-refractivity contribution < 1.29 is 19.0 Å². The van der Waals surface area contributed by atoms with E-state index in [4.69, 9.17) is 14.2 Å². The van der Waals surface area contributed by atoms with Gasteiger partial charge in [0.1, 0.15) is 6.61 Å². The summed E-state index contributed by atoms with van der Waals surface area (Å²) in [7, 11) is 1.36. The smallest absolute Gasteiger partial charge is 0.337 e. The minimum atomic E-state index is -0.357. The van der Waals surface area contributed by atoms with E-state index in [2.05, 4.69) is 9.97 Å². The molecule has 1 aliphatic carbocycles. The van der Waals surface area contributed by atoms with Crippen molar-refractivity contribution >= 4 is 5.97 Å². The standard InChI is InChI=1S/C23H22N2O4/c1-27-23(26)18-9-7-17(8-10-18)15-29-22-4-2-3-20(25-22)19-11-12-21(24-13-19)28-14-16-5-6-16/h2-4,7-13,16H,5-6,14-15H2,1H3. The van der Waals surface area contributed by atoms with Gasteiger partial charge in [-0.3, -0.25) is 0 Å². The highest BCUT2D eigenvalue weighted by Crippen LogP contribution is 2.29. The van der Waals surface area contributed by atoms with E-state index >= 15 is 0 Å². The maximum absolute atomic E-state index is 11.5. The third-order valence-corrected chi connectivity index (χ3v) is 4.68. The topological polar surface area (TPSA) is 70.5 Å². The first-order chi connectivity index (χ1) is 14.2. The second kappa shape index (κ2) is 8.73. The molecule has 1 fully saturated rings. The summed E-state index contributed by atoms with van der Waals surface area (Å²) in [4.78, 5) is 20.4. The Morgan fingerprint density at radius 2 is 1.83 bits per heavy atom. The molecule has 0 N–H and O–H groups in total. The molecule has 1 aromatic carbocycles. The van der Waals surface area contributed by atoms with Gasteiger partial charge >= 0.3 is 5.97 Å². The highest BCUT2D eigenvalue weighted by molar-refractivity contribution is 5.89. The summed E-state index contributed by atoms with van der Waals surface area (Å²) in [6, 6.07) is 16.5. The van der Waals surface area contributed by atoms with Crippen molar-refractivity contribution in [3.05, 3.63) is 71.9 Å². The van der Waals surface area contributed by atoms with E-state index < -0.39 is 0 Å². The summed E-state index contributed by atoms with van der Waals surface area (Å²) < 4.78 is 16.2. The van der Waals surface area contributed by atoms with Crippen LogP contribution in [0.15, 0.2) is 60.8 Å². The highest BCUT2D eigenvalue weighted by atomic mass is 16.5. The fourth-order valence-electron chi connectivity index (χ4n) is 2.77. The zero-order valence-corrected chi connectivity index (χ0v) is 16.2. The van der Waals surface area contributed by atoms with Crippen molar-refractivity contribution in [2.24, 2.45) is 5.92 Å². The zero-order chi connectivity index (χ0) is 20.1. The van der Waals surface area contributed by atoms with Gasteiger partial charge in [-0.2, -0.15) is 0 Å². The van der Waals surface area contributed by atoms with Crippen molar-refractivity contribution in [1.29, 1.82) is 0 Å². The van der Waals surface area contributed by atoms with Crippen LogP contribution in [0.5, 0.6) is 11.8 Å². The van der Waals surface area contributed by atoms with Crippen molar-refractivity contribution in [1.82, 2.24) is 9.97 Å².